The van der Waals surface area contributed by atoms with Crippen LogP contribution in [0.1, 0.15) is 37.3 Å². The second kappa shape index (κ2) is 6.80. The summed E-state index contributed by atoms with van der Waals surface area (Å²) in [6, 6.07) is 4.53. The van der Waals surface area contributed by atoms with Crippen LogP contribution in [0.2, 0.25) is 0 Å². The van der Waals surface area contributed by atoms with Crippen LogP contribution in [0.3, 0.4) is 0 Å². The molecule has 4 aliphatic rings. The molecule has 7 nitrogen and oxygen atoms in total. The van der Waals surface area contributed by atoms with Crippen molar-refractivity contribution in [3.63, 3.8) is 0 Å². The first-order valence-electron chi connectivity index (χ1n) is 10.1. The molecule has 1 unspecified atom stereocenters. The molecule has 1 aliphatic heterocycles. The second-order valence-electron chi connectivity index (χ2n) is 8.91. The summed E-state index contributed by atoms with van der Waals surface area (Å²) < 4.78 is 27.3. The number of hydrogen-bond acceptors (Lipinski definition) is 5. The Bertz CT molecular complexity index is 1100. The minimum absolute atomic E-state index is 0.0392. The molecule has 1 amide bonds. The molecule has 6 rings (SSSR count). The van der Waals surface area contributed by atoms with E-state index < -0.39 is 23.1 Å². The van der Waals surface area contributed by atoms with E-state index in [0.29, 0.717) is 23.6 Å². The first kappa shape index (κ1) is 19.5. The average Bonchev–Trinajstić information content (AvgIpc) is 3.18. The zero-order chi connectivity index (χ0) is 21.8. The van der Waals surface area contributed by atoms with Crippen molar-refractivity contribution in [3.8, 4) is 0 Å². The summed E-state index contributed by atoms with van der Waals surface area (Å²) in [5, 5.41) is 5.64. The van der Waals surface area contributed by atoms with E-state index in [0.717, 1.165) is 31.9 Å². The molecule has 1 atom stereocenters. The van der Waals surface area contributed by atoms with Crippen molar-refractivity contribution in [3.05, 3.63) is 59.2 Å². The molecule has 3 saturated carbocycles. The van der Waals surface area contributed by atoms with E-state index in [-0.39, 0.29) is 11.3 Å². The van der Waals surface area contributed by atoms with Crippen molar-refractivity contribution in [2.45, 2.75) is 31.7 Å². The number of carbonyl (C=O) groups is 1. The van der Waals surface area contributed by atoms with Crippen LogP contribution < -0.4 is 4.90 Å². The van der Waals surface area contributed by atoms with Crippen LogP contribution in [0, 0.1) is 29.0 Å². The average molecular weight is 422 g/mol. The van der Waals surface area contributed by atoms with Crippen LogP contribution >= 0.6 is 0 Å². The van der Waals surface area contributed by atoms with Gasteiger partial charge in [-0.3, -0.25) is 4.79 Å². The van der Waals surface area contributed by atoms with Gasteiger partial charge in [0.2, 0.25) is 12.2 Å². The van der Waals surface area contributed by atoms with Crippen LogP contribution in [0.15, 0.2) is 35.7 Å². The fourth-order valence-corrected chi connectivity index (χ4v) is 5.48. The zero-order valence-electron chi connectivity index (χ0n) is 16.9. The third kappa shape index (κ3) is 3.14. The van der Waals surface area contributed by atoms with Gasteiger partial charge in [0.1, 0.15) is 17.5 Å². The monoisotopic (exact) mass is 422 g/mol. The number of hydrogen-bond donors (Lipinski definition) is 0. The number of aromatic nitrogens is 2. The van der Waals surface area contributed by atoms with Crippen LogP contribution in [-0.2, 0) is 4.79 Å². The molecule has 1 aromatic heterocycles. The van der Waals surface area contributed by atoms with E-state index in [2.05, 4.69) is 19.9 Å². The molecule has 0 spiro atoms. The second-order valence-corrected chi connectivity index (χ2v) is 8.91. The lowest BCUT2D eigenvalue weighted by atomic mass is 9.34. The maximum absolute atomic E-state index is 13.7. The number of nitrogens with zero attached hydrogens (tertiary/aromatic N) is 6. The number of hydrazone groups is 1. The summed E-state index contributed by atoms with van der Waals surface area (Å²) >= 11 is 0. The van der Waals surface area contributed by atoms with E-state index in [1.807, 2.05) is 11.9 Å². The molecule has 2 heterocycles. The van der Waals surface area contributed by atoms with E-state index in [9.17, 15) is 13.6 Å². The van der Waals surface area contributed by atoms with Gasteiger partial charge in [0.05, 0.1) is 11.5 Å². The van der Waals surface area contributed by atoms with E-state index in [1.165, 1.54) is 23.5 Å². The van der Waals surface area contributed by atoms with Gasteiger partial charge in [-0.2, -0.15) is 10.1 Å². The Labute approximate surface area is 178 Å². The maximum atomic E-state index is 13.7. The zero-order valence-corrected chi connectivity index (χ0v) is 16.9. The number of carbonyl (C=O) groups excluding carboxylic acids is 1. The number of halogens is 2. The fraction of sp³-hybridized carbons (Fsp3) is 0.409. The minimum atomic E-state index is -0.659. The van der Waals surface area contributed by atoms with Crippen LogP contribution in [0.5, 0.6) is 0 Å². The third-order valence-electron chi connectivity index (χ3n) is 6.62. The van der Waals surface area contributed by atoms with Gasteiger partial charge in [-0.1, -0.05) is 6.57 Å². The Hall–Kier alpha value is -3.41. The molecular weight excluding hydrogens is 402 g/mol. The molecule has 3 aliphatic carbocycles. The first-order chi connectivity index (χ1) is 14.8. The maximum Gasteiger partial charge on any atom is 0.274 e. The van der Waals surface area contributed by atoms with Gasteiger partial charge in [0.15, 0.2) is 0 Å². The molecule has 0 radical (unpaired) electrons. The van der Waals surface area contributed by atoms with Gasteiger partial charge in [-0.15, -0.1) is 4.98 Å². The van der Waals surface area contributed by atoms with Crippen molar-refractivity contribution in [1.82, 2.24) is 15.0 Å². The largest absolute Gasteiger partial charge is 0.360 e. The Balaban J connectivity index is 1.26. The van der Waals surface area contributed by atoms with Gasteiger partial charge in [-0.25, -0.2) is 13.8 Å². The molecule has 3 fully saturated rings. The summed E-state index contributed by atoms with van der Waals surface area (Å²) in [4.78, 5) is 26.7. The van der Waals surface area contributed by atoms with Gasteiger partial charge in [0, 0.05) is 38.4 Å². The van der Waals surface area contributed by atoms with E-state index >= 15 is 0 Å². The third-order valence-corrected chi connectivity index (χ3v) is 6.62. The molecule has 2 aromatic rings. The van der Waals surface area contributed by atoms with Gasteiger partial charge in [0.25, 0.3) is 5.82 Å². The summed E-state index contributed by atoms with van der Waals surface area (Å²) in [6.45, 7) is 7.83. The Morgan fingerprint density at radius 3 is 2.61 bits per heavy atom. The summed E-state index contributed by atoms with van der Waals surface area (Å²) in [7, 11) is 1.92. The topological polar surface area (TPSA) is 66.1 Å². The van der Waals surface area contributed by atoms with Crippen molar-refractivity contribution in [1.29, 1.82) is 0 Å². The van der Waals surface area contributed by atoms with Gasteiger partial charge < -0.3 is 9.74 Å². The summed E-state index contributed by atoms with van der Waals surface area (Å²) in [5.74, 6) is -0.408. The fourth-order valence-electron chi connectivity index (χ4n) is 5.48. The highest BCUT2D eigenvalue weighted by molar-refractivity contribution is 5.88. The summed E-state index contributed by atoms with van der Waals surface area (Å²) in [5.41, 5.74) is 0.0149. The number of anilines is 1. The summed E-state index contributed by atoms with van der Waals surface area (Å²) in [6.07, 6.45) is 5.70. The highest BCUT2D eigenvalue weighted by Crippen LogP contribution is 2.74. The molecule has 31 heavy (non-hydrogen) atoms. The highest BCUT2D eigenvalue weighted by atomic mass is 19.1. The molecule has 0 N–H and O–H groups in total. The number of benzene rings is 1. The normalized spacial score (nSPS) is 27.9. The SMILES string of the molecule is [C-]#[N+]c1cc(N(C)CC23CC(C(=O)N4N=CCC4c4cc(F)cc(F)c4)(C2)C3)ncn1. The smallest absolute Gasteiger partial charge is 0.274 e. The van der Waals surface area contributed by atoms with E-state index in [1.54, 1.807) is 12.3 Å². The number of rotatable bonds is 5. The molecule has 1 aromatic carbocycles. The predicted octanol–water partition coefficient (Wildman–Crippen LogP) is 3.87. The molecule has 2 bridgehead atoms. The first-order valence-corrected chi connectivity index (χ1v) is 10.1. The molecular formula is C22H20F2N6O. The Morgan fingerprint density at radius 1 is 1.23 bits per heavy atom. The van der Waals surface area contributed by atoms with Crippen molar-refractivity contribution in [2.24, 2.45) is 15.9 Å². The van der Waals surface area contributed by atoms with Gasteiger partial charge >= 0.3 is 0 Å². The predicted molar refractivity (Wildman–Crippen MR) is 109 cm³/mol. The Morgan fingerprint density at radius 2 is 1.94 bits per heavy atom. The quantitative estimate of drug-likeness (QED) is 0.686. The lowest BCUT2D eigenvalue weighted by Gasteiger charge is -2.70. The molecule has 158 valence electrons. The molecule has 0 saturated heterocycles. The van der Waals surface area contributed by atoms with E-state index in [4.69, 9.17) is 6.57 Å². The lowest BCUT2D eigenvalue weighted by molar-refractivity contribution is -0.213. The van der Waals surface area contributed by atoms with Crippen molar-refractivity contribution >= 4 is 23.8 Å². The lowest BCUT2D eigenvalue weighted by Crippen LogP contribution is -2.70. The van der Waals surface area contributed by atoms with Crippen molar-refractivity contribution < 1.29 is 13.6 Å². The van der Waals surface area contributed by atoms with Crippen LogP contribution in [0.4, 0.5) is 20.4 Å². The highest BCUT2D eigenvalue weighted by Gasteiger charge is 2.72. The minimum Gasteiger partial charge on any atom is -0.360 e. The Kier molecular flexibility index (Phi) is 4.29. The van der Waals surface area contributed by atoms with Crippen molar-refractivity contribution in [2.75, 3.05) is 18.5 Å². The van der Waals surface area contributed by atoms with Crippen LogP contribution in [0.25, 0.3) is 4.85 Å². The van der Waals surface area contributed by atoms with Crippen LogP contribution in [-0.4, -0.2) is 40.7 Å². The number of amides is 1. The van der Waals surface area contributed by atoms with Gasteiger partial charge in [-0.05, 0) is 42.4 Å². The molecule has 9 heteroatoms. The standard InChI is InChI=1S/C22H20F2N6O/c1-25-18-8-19(27-13-26-18)29(2)12-21-9-22(10-21,11-21)20(31)30-17(3-4-28-30)14-5-15(23)7-16(24)6-14/h4-8,13,17H,3,9-12H2,2H3.